The van der Waals surface area contributed by atoms with Crippen LogP contribution in [-0.4, -0.2) is 29.8 Å². The van der Waals surface area contributed by atoms with E-state index in [1.807, 2.05) is 56.3 Å². The van der Waals surface area contributed by atoms with Gasteiger partial charge in [0.1, 0.15) is 0 Å². The van der Waals surface area contributed by atoms with Gasteiger partial charge in [0.2, 0.25) is 11.8 Å². The highest BCUT2D eigenvalue weighted by Crippen LogP contribution is 2.23. The standard InChI is InChI=1S/C21H23ClN2O2/c1-14-4-3-5-19(15(14)2)23-21(26)17-12-20(25)24(13-17)11-10-16-6-8-18(22)9-7-16/h3-9,17H,10-13H2,1-2H3,(H,23,26). The van der Waals surface area contributed by atoms with Gasteiger partial charge in [-0.1, -0.05) is 35.9 Å². The van der Waals surface area contributed by atoms with Crippen LogP contribution in [0.5, 0.6) is 0 Å². The maximum Gasteiger partial charge on any atom is 0.229 e. The molecular weight excluding hydrogens is 348 g/mol. The number of hydrogen-bond donors (Lipinski definition) is 1. The Morgan fingerprint density at radius 3 is 2.65 bits per heavy atom. The van der Waals surface area contributed by atoms with E-state index in [-0.39, 0.29) is 24.2 Å². The number of benzene rings is 2. The van der Waals surface area contributed by atoms with E-state index >= 15 is 0 Å². The first-order valence-electron chi connectivity index (χ1n) is 8.83. The van der Waals surface area contributed by atoms with E-state index in [0.29, 0.717) is 18.1 Å². The average molecular weight is 371 g/mol. The van der Waals surface area contributed by atoms with E-state index in [4.69, 9.17) is 11.6 Å². The molecule has 1 aliphatic rings. The molecule has 4 nitrogen and oxygen atoms in total. The van der Waals surface area contributed by atoms with Crippen molar-refractivity contribution in [2.24, 2.45) is 5.92 Å². The molecule has 5 heteroatoms. The van der Waals surface area contributed by atoms with Gasteiger partial charge in [0, 0.05) is 30.2 Å². The van der Waals surface area contributed by atoms with Crippen molar-refractivity contribution in [1.29, 1.82) is 0 Å². The van der Waals surface area contributed by atoms with E-state index in [1.165, 1.54) is 0 Å². The zero-order valence-corrected chi connectivity index (χ0v) is 15.8. The van der Waals surface area contributed by atoms with Crippen LogP contribution in [0, 0.1) is 19.8 Å². The molecular formula is C21H23ClN2O2. The first-order valence-corrected chi connectivity index (χ1v) is 9.21. The number of anilines is 1. The molecule has 0 bridgehead atoms. The Morgan fingerprint density at radius 1 is 1.19 bits per heavy atom. The molecule has 1 N–H and O–H groups in total. The fraction of sp³-hybridized carbons (Fsp3) is 0.333. The highest BCUT2D eigenvalue weighted by atomic mass is 35.5. The van der Waals surface area contributed by atoms with Crippen LogP contribution in [0.4, 0.5) is 5.69 Å². The third-order valence-electron chi connectivity index (χ3n) is 5.03. The normalized spacial score (nSPS) is 16.8. The summed E-state index contributed by atoms with van der Waals surface area (Å²) >= 11 is 5.89. The molecule has 1 unspecified atom stereocenters. The SMILES string of the molecule is Cc1cccc(NC(=O)C2CC(=O)N(CCc3ccc(Cl)cc3)C2)c1C. The van der Waals surface area contributed by atoms with Crippen molar-refractivity contribution in [3.8, 4) is 0 Å². The van der Waals surface area contributed by atoms with Gasteiger partial charge in [0.05, 0.1) is 5.92 Å². The summed E-state index contributed by atoms with van der Waals surface area (Å²) in [5.74, 6) is -0.339. The Balaban J connectivity index is 1.57. The molecule has 0 saturated carbocycles. The number of carbonyl (C=O) groups excluding carboxylic acids is 2. The highest BCUT2D eigenvalue weighted by molar-refractivity contribution is 6.30. The van der Waals surface area contributed by atoms with Crippen molar-refractivity contribution in [3.05, 3.63) is 64.2 Å². The molecule has 26 heavy (non-hydrogen) atoms. The predicted molar refractivity (Wildman–Crippen MR) is 104 cm³/mol. The number of amides is 2. The van der Waals surface area contributed by atoms with E-state index in [1.54, 1.807) is 4.90 Å². The summed E-state index contributed by atoms with van der Waals surface area (Å²) in [6, 6.07) is 13.5. The average Bonchev–Trinajstić information content (AvgIpc) is 2.99. The zero-order valence-electron chi connectivity index (χ0n) is 15.1. The summed E-state index contributed by atoms with van der Waals surface area (Å²) in [6.07, 6.45) is 1.03. The summed E-state index contributed by atoms with van der Waals surface area (Å²) in [4.78, 5) is 26.6. The molecule has 0 radical (unpaired) electrons. The minimum atomic E-state index is -0.298. The highest BCUT2D eigenvalue weighted by Gasteiger charge is 2.34. The molecule has 3 rings (SSSR count). The molecule has 0 aliphatic carbocycles. The van der Waals surface area contributed by atoms with Gasteiger partial charge in [-0.25, -0.2) is 0 Å². The second-order valence-electron chi connectivity index (χ2n) is 6.85. The monoisotopic (exact) mass is 370 g/mol. The van der Waals surface area contributed by atoms with E-state index in [2.05, 4.69) is 5.32 Å². The molecule has 1 atom stereocenters. The summed E-state index contributed by atoms with van der Waals surface area (Å²) in [6.45, 7) is 5.10. The molecule has 2 amide bonds. The van der Waals surface area contributed by atoms with Crippen LogP contribution >= 0.6 is 11.6 Å². The molecule has 1 heterocycles. The minimum Gasteiger partial charge on any atom is -0.342 e. The number of nitrogens with one attached hydrogen (secondary N) is 1. The second-order valence-corrected chi connectivity index (χ2v) is 7.29. The smallest absolute Gasteiger partial charge is 0.229 e. The number of halogens is 1. The quantitative estimate of drug-likeness (QED) is 0.865. The first kappa shape index (κ1) is 18.5. The largest absolute Gasteiger partial charge is 0.342 e. The van der Waals surface area contributed by atoms with Crippen LogP contribution in [0.2, 0.25) is 5.02 Å². The molecule has 0 spiro atoms. The van der Waals surface area contributed by atoms with Crippen LogP contribution in [0.1, 0.15) is 23.1 Å². The van der Waals surface area contributed by atoms with E-state index < -0.39 is 0 Å². The summed E-state index contributed by atoms with van der Waals surface area (Å²) in [5.41, 5.74) is 4.15. The van der Waals surface area contributed by atoms with Crippen molar-refractivity contribution >= 4 is 29.1 Å². The Kier molecular flexibility index (Phi) is 5.62. The lowest BCUT2D eigenvalue weighted by Crippen LogP contribution is -2.30. The molecule has 2 aromatic rings. The maximum absolute atomic E-state index is 12.6. The van der Waals surface area contributed by atoms with Crippen LogP contribution in [-0.2, 0) is 16.0 Å². The number of nitrogens with zero attached hydrogens (tertiary/aromatic N) is 1. The maximum atomic E-state index is 12.6. The van der Waals surface area contributed by atoms with Crippen LogP contribution < -0.4 is 5.32 Å². The van der Waals surface area contributed by atoms with Gasteiger partial charge in [0.15, 0.2) is 0 Å². The third-order valence-corrected chi connectivity index (χ3v) is 5.28. The number of carbonyl (C=O) groups is 2. The fourth-order valence-corrected chi connectivity index (χ4v) is 3.33. The molecule has 1 aliphatic heterocycles. The molecule has 2 aromatic carbocycles. The Morgan fingerprint density at radius 2 is 1.92 bits per heavy atom. The number of hydrogen-bond acceptors (Lipinski definition) is 2. The summed E-state index contributed by atoms with van der Waals surface area (Å²) in [7, 11) is 0. The van der Waals surface area contributed by atoms with Gasteiger partial charge in [-0.05, 0) is 55.2 Å². The lowest BCUT2D eigenvalue weighted by atomic mass is 10.1. The predicted octanol–water partition coefficient (Wildman–Crippen LogP) is 3.99. The second kappa shape index (κ2) is 7.92. The fourth-order valence-electron chi connectivity index (χ4n) is 3.20. The zero-order chi connectivity index (χ0) is 18.7. The lowest BCUT2D eigenvalue weighted by molar-refractivity contribution is -0.128. The Hall–Kier alpha value is -2.33. The van der Waals surface area contributed by atoms with Crippen molar-refractivity contribution < 1.29 is 9.59 Å². The van der Waals surface area contributed by atoms with Gasteiger partial charge < -0.3 is 10.2 Å². The van der Waals surface area contributed by atoms with Crippen LogP contribution in [0.15, 0.2) is 42.5 Å². The molecule has 0 aromatic heterocycles. The molecule has 136 valence electrons. The Bertz CT molecular complexity index is 817. The first-order chi connectivity index (χ1) is 12.4. The van der Waals surface area contributed by atoms with Gasteiger partial charge in [-0.3, -0.25) is 9.59 Å². The topological polar surface area (TPSA) is 49.4 Å². The van der Waals surface area contributed by atoms with Crippen molar-refractivity contribution in [3.63, 3.8) is 0 Å². The van der Waals surface area contributed by atoms with E-state index in [9.17, 15) is 9.59 Å². The third kappa shape index (κ3) is 4.25. The van der Waals surface area contributed by atoms with E-state index in [0.717, 1.165) is 28.8 Å². The Labute approximate surface area is 159 Å². The van der Waals surface area contributed by atoms with Crippen molar-refractivity contribution in [2.45, 2.75) is 26.7 Å². The lowest BCUT2D eigenvalue weighted by Gasteiger charge is -2.17. The number of rotatable bonds is 5. The van der Waals surface area contributed by atoms with Crippen LogP contribution in [0.25, 0.3) is 0 Å². The molecule has 1 fully saturated rings. The number of likely N-dealkylation sites (tertiary alicyclic amines) is 1. The van der Waals surface area contributed by atoms with Gasteiger partial charge in [0.25, 0.3) is 0 Å². The van der Waals surface area contributed by atoms with Gasteiger partial charge in [-0.2, -0.15) is 0 Å². The molecule has 1 saturated heterocycles. The van der Waals surface area contributed by atoms with Crippen molar-refractivity contribution in [1.82, 2.24) is 4.90 Å². The summed E-state index contributed by atoms with van der Waals surface area (Å²) < 4.78 is 0. The van der Waals surface area contributed by atoms with Gasteiger partial charge >= 0.3 is 0 Å². The number of aryl methyl sites for hydroxylation is 1. The summed E-state index contributed by atoms with van der Waals surface area (Å²) in [5, 5.41) is 3.68. The van der Waals surface area contributed by atoms with Crippen LogP contribution in [0.3, 0.4) is 0 Å². The van der Waals surface area contributed by atoms with Crippen molar-refractivity contribution in [2.75, 3.05) is 18.4 Å². The van der Waals surface area contributed by atoms with Gasteiger partial charge in [-0.15, -0.1) is 0 Å². The minimum absolute atomic E-state index is 0.0417.